The zero-order valence-corrected chi connectivity index (χ0v) is 15.1. The van der Waals surface area contributed by atoms with E-state index in [-0.39, 0.29) is 12.5 Å². The topological polar surface area (TPSA) is 110 Å². The lowest BCUT2D eigenvalue weighted by atomic mass is 10.1. The number of nitrogens with two attached hydrogens (primary N) is 1. The lowest BCUT2D eigenvalue weighted by Gasteiger charge is -2.11. The van der Waals surface area contributed by atoms with Gasteiger partial charge in [0.1, 0.15) is 11.4 Å². The number of carbonyl (C=O) groups is 2. The zero-order valence-electron chi connectivity index (χ0n) is 14.3. The first-order valence-electron chi connectivity index (χ1n) is 7.87. The van der Waals surface area contributed by atoms with Crippen molar-refractivity contribution in [2.24, 2.45) is 5.73 Å². The van der Waals surface area contributed by atoms with E-state index < -0.39 is 5.91 Å². The number of rotatable bonds is 6. The Morgan fingerprint density at radius 2 is 2.04 bits per heavy atom. The third-order valence-corrected chi connectivity index (χ3v) is 4.51. The third-order valence-electron chi connectivity index (χ3n) is 3.75. The van der Waals surface area contributed by atoms with Gasteiger partial charge in [0, 0.05) is 17.1 Å². The summed E-state index contributed by atoms with van der Waals surface area (Å²) in [6.07, 6.45) is 1.64. The van der Waals surface area contributed by atoms with Crippen molar-refractivity contribution >= 4 is 28.3 Å². The van der Waals surface area contributed by atoms with Gasteiger partial charge < -0.3 is 15.5 Å². The molecule has 7 nitrogen and oxygen atoms in total. The molecule has 2 aromatic heterocycles. The van der Waals surface area contributed by atoms with Crippen LogP contribution in [0.2, 0.25) is 0 Å². The second-order valence-corrected chi connectivity index (χ2v) is 6.62. The van der Waals surface area contributed by atoms with Crippen LogP contribution in [0.15, 0.2) is 35.8 Å². The number of H-pyrrole nitrogens is 1. The number of amides is 2. The Bertz CT molecular complexity index is 941. The van der Waals surface area contributed by atoms with E-state index in [0.717, 1.165) is 16.7 Å². The maximum atomic E-state index is 12.1. The molecule has 0 spiro atoms. The van der Waals surface area contributed by atoms with Crippen molar-refractivity contribution in [3.05, 3.63) is 52.7 Å². The number of ether oxygens (including phenoxy) is 1. The molecule has 0 aliphatic heterocycles. The maximum Gasteiger partial charge on any atom is 0.265 e. The maximum absolute atomic E-state index is 12.1. The molecule has 134 valence electrons. The number of primary amides is 1. The molecule has 0 saturated carbocycles. The molecule has 2 heterocycles. The lowest BCUT2D eigenvalue weighted by molar-refractivity contribution is -0.118. The molecule has 0 aliphatic carbocycles. The van der Waals surface area contributed by atoms with Gasteiger partial charge in [-0.25, -0.2) is 4.98 Å². The number of nitrogens with zero attached hydrogens (tertiary/aromatic N) is 1. The molecule has 4 N–H and O–H groups in total. The molecule has 0 saturated heterocycles. The average Bonchev–Trinajstić information content (AvgIpc) is 3.23. The number of aromatic amines is 1. The standard InChI is InChI=1S/C18H18N4O3S/c1-10-4-3-5-11(2)16(10)25-8-15(23)22-18-21-14(9-26-18)12-6-13(17(19)24)20-7-12/h3-7,9,20H,8H2,1-2H3,(H2,19,24)(H,21,22,23). The first-order valence-corrected chi connectivity index (χ1v) is 8.75. The second kappa shape index (κ2) is 7.40. The van der Waals surface area contributed by atoms with Crippen LogP contribution in [-0.4, -0.2) is 28.4 Å². The van der Waals surface area contributed by atoms with Crippen molar-refractivity contribution < 1.29 is 14.3 Å². The van der Waals surface area contributed by atoms with Crippen LogP contribution in [0.1, 0.15) is 21.6 Å². The average molecular weight is 370 g/mol. The Hall–Kier alpha value is -3.13. The van der Waals surface area contributed by atoms with Gasteiger partial charge in [0.15, 0.2) is 11.7 Å². The first-order chi connectivity index (χ1) is 12.4. The number of thiazole rings is 1. The first kappa shape index (κ1) is 17.7. The van der Waals surface area contributed by atoms with E-state index in [0.29, 0.717) is 22.3 Å². The molecule has 1 aromatic carbocycles. The predicted octanol–water partition coefficient (Wildman–Crippen LogP) is 2.87. The van der Waals surface area contributed by atoms with E-state index in [9.17, 15) is 9.59 Å². The Labute approximate surface area is 154 Å². The van der Waals surface area contributed by atoms with Crippen LogP contribution in [-0.2, 0) is 4.79 Å². The van der Waals surface area contributed by atoms with Crippen molar-refractivity contribution in [3.8, 4) is 17.0 Å². The van der Waals surface area contributed by atoms with E-state index in [4.69, 9.17) is 10.5 Å². The predicted molar refractivity (Wildman–Crippen MR) is 100 cm³/mol. The van der Waals surface area contributed by atoms with Gasteiger partial charge >= 0.3 is 0 Å². The van der Waals surface area contributed by atoms with Crippen LogP contribution in [0.5, 0.6) is 5.75 Å². The van der Waals surface area contributed by atoms with Crippen LogP contribution in [0.25, 0.3) is 11.3 Å². The Balaban J connectivity index is 1.61. The zero-order chi connectivity index (χ0) is 18.7. The molecule has 0 fully saturated rings. The number of aryl methyl sites for hydroxylation is 2. The molecule has 8 heteroatoms. The number of carbonyl (C=O) groups excluding carboxylic acids is 2. The smallest absolute Gasteiger partial charge is 0.265 e. The summed E-state index contributed by atoms with van der Waals surface area (Å²) in [6.45, 7) is 3.77. The second-order valence-electron chi connectivity index (χ2n) is 5.76. The fourth-order valence-corrected chi connectivity index (χ4v) is 3.20. The normalized spacial score (nSPS) is 10.5. The molecular weight excluding hydrogens is 352 g/mol. The summed E-state index contributed by atoms with van der Waals surface area (Å²) in [5.41, 5.74) is 8.85. The quantitative estimate of drug-likeness (QED) is 0.619. The minimum absolute atomic E-state index is 0.101. The van der Waals surface area contributed by atoms with Gasteiger partial charge in [-0.3, -0.25) is 14.9 Å². The highest BCUT2D eigenvalue weighted by molar-refractivity contribution is 7.14. The third kappa shape index (κ3) is 3.92. The van der Waals surface area contributed by atoms with Crippen molar-refractivity contribution in [1.82, 2.24) is 9.97 Å². The molecule has 0 unspecified atom stereocenters. The summed E-state index contributed by atoms with van der Waals surface area (Å²) in [7, 11) is 0. The van der Waals surface area contributed by atoms with E-state index >= 15 is 0 Å². The molecule has 2 amide bonds. The van der Waals surface area contributed by atoms with E-state index in [1.807, 2.05) is 32.0 Å². The van der Waals surface area contributed by atoms with Crippen LogP contribution < -0.4 is 15.8 Å². The SMILES string of the molecule is Cc1cccc(C)c1OCC(=O)Nc1nc(-c2c[nH]c(C(N)=O)c2)cs1. The summed E-state index contributed by atoms with van der Waals surface area (Å²) in [5, 5.41) is 4.96. The van der Waals surface area contributed by atoms with Crippen LogP contribution >= 0.6 is 11.3 Å². The van der Waals surface area contributed by atoms with Crippen molar-refractivity contribution in [2.75, 3.05) is 11.9 Å². The molecule has 0 radical (unpaired) electrons. The van der Waals surface area contributed by atoms with Crippen LogP contribution in [0, 0.1) is 13.8 Å². The summed E-state index contributed by atoms with van der Waals surface area (Å²) >= 11 is 1.29. The lowest BCUT2D eigenvalue weighted by Crippen LogP contribution is -2.20. The number of hydrogen-bond acceptors (Lipinski definition) is 5. The van der Waals surface area contributed by atoms with Gasteiger partial charge in [-0.05, 0) is 31.0 Å². The highest BCUT2D eigenvalue weighted by Gasteiger charge is 2.12. The summed E-state index contributed by atoms with van der Waals surface area (Å²) in [6, 6.07) is 7.43. The molecule has 0 bridgehead atoms. The number of aromatic nitrogens is 2. The van der Waals surface area contributed by atoms with E-state index in [2.05, 4.69) is 15.3 Å². The number of para-hydroxylation sites is 1. The van der Waals surface area contributed by atoms with Crippen molar-refractivity contribution in [2.45, 2.75) is 13.8 Å². The monoisotopic (exact) mass is 370 g/mol. The summed E-state index contributed by atoms with van der Waals surface area (Å²) in [4.78, 5) is 30.4. The number of anilines is 1. The van der Waals surface area contributed by atoms with Gasteiger partial charge in [0.25, 0.3) is 11.8 Å². The van der Waals surface area contributed by atoms with E-state index in [1.165, 1.54) is 11.3 Å². The Morgan fingerprint density at radius 3 is 2.69 bits per heavy atom. The number of nitrogens with one attached hydrogen (secondary N) is 2. The van der Waals surface area contributed by atoms with Gasteiger partial charge in [-0.1, -0.05) is 18.2 Å². The molecule has 26 heavy (non-hydrogen) atoms. The van der Waals surface area contributed by atoms with Crippen LogP contribution in [0.4, 0.5) is 5.13 Å². The highest BCUT2D eigenvalue weighted by atomic mass is 32.1. The van der Waals surface area contributed by atoms with Gasteiger partial charge in [-0.2, -0.15) is 0 Å². The Morgan fingerprint density at radius 1 is 1.31 bits per heavy atom. The molecular formula is C18H18N4O3S. The largest absolute Gasteiger partial charge is 0.483 e. The van der Waals surface area contributed by atoms with Gasteiger partial charge in [0.2, 0.25) is 0 Å². The molecule has 0 aliphatic rings. The van der Waals surface area contributed by atoms with Gasteiger partial charge in [0.05, 0.1) is 5.69 Å². The minimum atomic E-state index is -0.538. The minimum Gasteiger partial charge on any atom is -0.483 e. The van der Waals surface area contributed by atoms with Crippen molar-refractivity contribution in [1.29, 1.82) is 0 Å². The summed E-state index contributed by atoms with van der Waals surface area (Å²) < 4.78 is 5.63. The Kier molecular flexibility index (Phi) is 5.04. The number of benzene rings is 1. The molecule has 0 atom stereocenters. The van der Waals surface area contributed by atoms with E-state index in [1.54, 1.807) is 17.6 Å². The molecule has 3 aromatic rings. The highest BCUT2D eigenvalue weighted by Crippen LogP contribution is 2.26. The van der Waals surface area contributed by atoms with Crippen molar-refractivity contribution in [3.63, 3.8) is 0 Å². The fourth-order valence-electron chi connectivity index (χ4n) is 2.47. The van der Waals surface area contributed by atoms with Gasteiger partial charge in [-0.15, -0.1) is 11.3 Å². The summed E-state index contributed by atoms with van der Waals surface area (Å²) in [5.74, 6) is -0.113. The number of hydrogen-bond donors (Lipinski definition) is 3. The fraction of sp³-hybridized carbons (Fsp3) is 0.167. The molecule has 3 rings (SSSR count). The van der Waals surface area contributed by atoms with Crippen LogP contribution in [0.3, 0.4) is 0 Å².